The van der Waals surface area contributed by atoms with Crippen LogP contribution in [0.5, 0.6) is 0 Å². The molecule has 5 heteroatoms. The topological polar surface area (TPSA) is 59.0 Å². The third kappa shape index (κ3) is 2.39. The zero-order valence-corrected chi connectivity index (χ0v) is 11.7. The third-order valence-electron chi connectivity index (χ3n) is 3.62. The Bertz CT molecular complexity index is 647. The molecule has 1 aliphatic heterocycles. The minimum atomic E-state index is -0.0539. The lowest BCUT2D eigenvalue weighted by atomic mass is 9.99. The van der Waals surface area contributed by atoms with Crippen molar-refractivity contribution in [2.24, 2.45) is 7.05 Å². The number of hydrogen-bond donors (Lipinski definition) is 2. The van der Waals surface area contributed by atoms with Gasteiger partial charge in [0, 0.05) is 25.5 Å². The smallest absolute Gasteiger partial charge is 0.255 e. The van der Waals surface area contributed by atoms with E-state index < -0.39 is 0 Å². The van der Waals surface area contributed by atoms with Gasteiger partial charge in [0.15, 0.2) is 0 Å². The summed E-state index contributed by atoms with van der Waals surface area (Å²) in [5.74, 6) is -0.0539. The summed E-state index contributed by atoms with van der Waals surface area (Å²) in [7, 11) is 1.82. The quantitative estimate of drug-likeness (QED) is 0.869. The molecule has 1 aliphatic rings. The lowest BCUT2D eigenvalue weighted by Crippen LogP contribution is -2.43. The molecule has 5 nitrogen and oxygen atoms in total. The molecule has 1 amide bonds. The number of anilines is 1. The summed E-state index contributed by atoms with van der Waals surface area (Å²) >= 11 is 0. The molecule has 0 saturated carbocycles. The van der Waals surface area contributed by atoms with Crippen LogP contribution in [0.2, 0.25) is 0 Å². The molecule has 1 aromatic carbocycles. The Kier molecular flexibility index (Phi) is 3.18. The van der Waals surface area contributed by atoms with Gasteiger partial charge < -0.3 is 10.6 Å². The van der Waals surface area contributed by atoms with E-state index in [0.717, 1.165) is 24.3 Å². The number of fused-ring (bicyclic) bond motifs is 1. The fraction of sp³-hybridized carbons (Fsp3) is 0.333. The molecule has 2 aromatic rings. The Balaban J connectivity index is 1.71. The van der Waals surface area contributed by atoms with E-state index in [-0.39, 0.29) is 11.9 Å². The van der Waals surface area contributed by atoms with Crippen LogP contribution in [0.3, 0.4) is 0 Å². The Morgan fingerprint density at radius 2 is 2.25 bits per heavy atom. The number of amides is 1. The number of carbonyl (C=O) groups is 1. The van der Waals surface area contributed by atoms with Gasteiger partial charge in [-0.2, -0.15) is 5.10 Å². The van der Waals surface area contributed by atoms with Gasteiger partial charge >= 0.3 is 0 Å². The Labute approximate surface area is 118 Å². The predicted molar refractivity (Wildman–Crippen MR) is 77.8 cm³/mol. The van der Waals surface area contributed by atoms with Gasteiger partial charge in [-0.15, -0.1) is 0 Å². The number of carbonyl (C=O) groups excluding carboxylic acids is 1. The Morgan fingerprint density at radius 3 is 3.00 bits per heavy atom. The highest BCUT2D eigenvalue weighted by Gasteiger charge is 2.21. The molecule has 0 saturated heterocycles. The maximum absolute atomic E-state index is 12.3. The van der Waals surface area contributed by atoms with Gasteiger partial charge in [-0.3, -0.25) is 9.48 Å². The number of hydrogen-bond acceptors (Lipinski definition) is 3. The number of nitrogens with one attached hydrogen (secondary N) is 2. The molecule has 0 aliphatic carbocycles. The zero-order chi connectivity index (χ0) is 14.1. The number of nitrogens with zero attached hydrogens (tertiary/aromatic N) is 2. The van der Waals surface area contributed by atoms with Gasteiger partial charge in [0.2, 0.25) is 0 Å². The van der Waals surface area contributed by atoms with Crippen LogP contribution in [0.15, 0.2) is 30.5 Å². The molecule has 0 spiro atoms. The van der Waals surface area contributed by atoms with Crippen LogP contribution in [0, 0.1) is 6.92 Å². The minimum absolute atomic E-state index is 0.0539. The second-order valence-corrected chi connectivity index (χ2v) is 5.21. The summed E-state index contributed by atoms with van der Waals surface area (Å²) < 4.78 is 1.67. The van der Waals surface area contributed by atoms with E-state index in [1.807, 2.05) is 26.1 Å². The summed E-state index contributed by atoms with van der Waals surface area (Å²) in [5.41, 5.74) is 3.81. The third-order valence-corrected chi connectivity index (χ3v) is 3.62. The zero-order valence-electron chi connectivity index (χ0n) is 11.7. The van der Waals surface area contributed by atoms with Gasteiger partial charge in [0.1, 0.15) is 0 Å². The first kappa shape index (κ1) is 12.7. The van der Waals surface area contributed by atoms with E-state index in [1.54, 1.807) is 10.9 Å². The van der Waals surface area contributed by atoms with Crippen molar-refractivity contribution in [3.05, 3.63) is 47.3 Å². The lowest BCUT2D eigenvalue weighted by molar-refractivity contribution is 0.0937. The highest BCUT2D eigenvalue weighted by Crippen LogP contribution is 2.21. The van der Waals surface area contributed by atoms with Crippen LogP contribution in [0.1, 0.15) is 21.6 Å². The molecule has 2 heterocycles. The van der Waals surface area contributed by atoms with Crippen molar-refractivity contribution in [3.8, 4) is 0 Å². The highest BCUT2D eigenvalue weighted by atomic mass is 16.1. The van der Waals surface area contributed by atoms with Crippen molar-refractivity contribution in [2.45, 2.75) is 19.4 Å². The first-order chi connectivity index (χ1) is 9.63. The predicted octanol–water partition coefficient (Wildman–Crippen LogP) is 1.50. The molecule has 20 heavy (non-hydrogen) atoms. The summed E-state index contributed by atoms with van der Waals surface area (Å²) in [6.45, 7) is 2.60. The van der Waals surface area contributed by atoms with Crippen LogP contribution >= 0.6 is 0 Å². The molecule has 1 atom stereocenters. The van der Waals surface area contributed by atoms with E-state index in [1.165, 1.54) is 5.56 Å². The van der Waals surface area contributed by atoms with E-state index in [4.69, 9.17) is 0 Å². The van der Waals surface area contributed by atoms with Crippen LogP contribution in [-0.2, 0) is 13.5 Å². The highest BCUT2D eigenvalue weighted by molar-refractivity contribution is 5.95. The van der Waals surface area contributed by atoms with Crippen molar-refractivity contribution in [3.63, 3.8) is 0 Å². The largest absolute Gasteiger partial charge is 0.383 e. The maximum Gasteiger partial charge on any atom is 0.255 e. The summed E-state index contributed by atoms with van der Waals surface area (Å²) in [6.07, 6.45) is 2.61. The Hall–Kier alpha value is -2.30. The van der Waals surface area contributed by atoms with E-state index in [0.29, 0.717) is 5.56 Å². The first-order valence-electron chi connectivity index (χ1n) is 6.76. The second-order valence-electron chi connectivity index (χ2n) is 5.21. The monoisotopic (exact) mass is 270 g/mol. The van der Waals surface area contributed by atoms with Gasteiger partial charge in [-0.25, -0.2) is 0 Å². The van der Waals surface area contributed by atoms with Crippen molar-refractivity contribution in [1.82, 2.24) is 15.1 Å². The fourth-order valence-electron chi connectivity index (χ4n) is 2.63. The normalized spacial score (nSPS) is 17.2. The summed E-state index contributed by atoms with van der Waals surface area (Å²) in [6, 6.07) is 8.31. The van der Waals surface area contributed by atoms with E-state index in [2.05, 4.69) is 27.9 Å². The molecule has 3 rings (SSSR count). The summed E-state index contributed by atoms with van der Waals surface area (Å²) in [5, 5.41) is 10.6. The van der Waals surface area contributed by atoms with E-state index >= 15 is 0 Å². The van der Waals surface area contributed by atoms with Gasteiger partial charge in [0.25, 0.3) is 5.91 Å². The molecule has 0 radical (unpaired) electrons. The first-order valence-corrected chi connectivity index (χ1v) is 6.76. The summed E-state index contributed by atoms with van der Waals surface area (Å²) in [4.78, 5) is 12.3. The van der Waals surface area contributed by atoms with Crippen molar-refractivity contribution in [2.75, 3.05) is 11.9 Å². The fourth-order valence-corrected chi connectivity index (χ4v) is 2.63. The van der Waals surface area contributed by atoms with Crippen molar-refractivity contribution < 1.29 is 4.79 Å². The standard InChI is InChI=1S/C15H18N4O/c1-10-13(9-19(2)18-10)15(20)17-12-7-11-5-3-4-6-14(11)16-8-12/h3-6,9,12,16H,7-8H2,1-2H3,(H,17,20). The van der Waals surface area contributed by atoms with Crippen molar-refractivity contribution >= 4 is 11.6 Å². The SMILES string of the molecule is Cc1nn(C)cc1C(=O)NC1CNc2ccccc2C1. The lowest BCUT2D eigenvalue weighted by Gasteiger charge is -2.26. The molecule has 0 bridgehead atoms. The second kappa shape index (κ2) is 5.00. The van der Waals surface area contributed by atoms with Crippen LogP contribution < -0.4 is 10.6 Å². The minimum Gasteiger partial charge on any atom is -0.383 e. The van der Waals surface area contributed by atoms with Gasteiger partial charge in [0.05, 0.1) is 17.3 Å². The average molecular weight is 270 g/mol. The van der Waals surface area contributed by atoms with E-state index in [9.17, 15) is 4.79 Å². The Morgan fingerprint density at radius 1 is 1.45 bits per heavy atom. The van der Waals surface area contributed by atoms with Crippen molar-refractivity contribution in [1.29, 1.82) is 0 Å². The molecule has 1 aromatic heterocycles. The number of benzene rings is 1. The molecule has 2 N–H and O–H groups in total. The number of aryl methyl sites for hydroxylation is 2. The van der Waals surface area contributed by atoms with Gasteiger partial charge in [-0.1, -0.05) is 18.2 Å². The van der Waals surface area contributed by atoms with Crippen LogP contribution in [0.4, 0.5) is 5.69 Å². The van der Waals surface area contributed by atoms with Crippen LogP contribution in [-0.4, -0.2) is 28.3 Å². The number of aromatic nitrogens is 2. The average Bonchev–Trinajstić information content (AvgIpc) is 2.78. The molecule has 104 valence electrons. The molecule has 1 unspecified atom stereocenters. The van der Waals surface area contributed by atoms with Crippen LogP contribution in [0.25, 0.3) is 0 Å². The maximum atomic E-state index is 12.3. The van der Waals surface area contributed by atoms with Gasteiger partial charge in [-0.05, 0) is 25.0 Å². The molecule has 0 fully saturated rings. The molecular weight excluding hydrogens is 252 g/mol. The number of rotatable bonds is 2. The number of para-hydroxylation sites is 1. The molecular formula is C15H18N4O.